The highest BCUT2D eigenvalue weighted by molar-refractivity contribution is 5.94. The maximum atomic E-state index is 13.1. The van der Waals surface area contributed by atoms with Gasteiger partial charge in [-0.05, 0) is 38.0 Å². The summed E-state index contributed by atoms with van der Waals surface area (Å²) >= 11 is 0. The van der Waals surface area contributed by atoms with Crippen molar-refractivity contribution in [2.45, 2.75) is 44.0 Å². The lowest BCUT2D eigenvalue weighted by Gasteiger charge is -2.28. The first kappa shape index (κ1) is 18.7. The minimum Gasteiger partial charge on any atom is -0.394 e. The first-order valence-electron chi connectivity index (χ1n) is 7.73. The summed E-state index contributed by atoms with van der Waals surface area (Å²) in [6.45, 7) is 2.39. The number of aliphatic hydroxyl groups is 1. The van der Waals surface area contributed by atoms with Gasteiger partial charge in [0.25, 0.3) is 5.91 Å². The zero-order valence-corrected chi connectivity index (χ0v) is 13.9. The van der Waals surface area contributed by atoms with Gasteiger partial charge in [0.15, 0.2) is 0 Å². The number of carbonyl (C=O) groups excluding carboxylic acids is 1. The number of alkyl halides is 3. The van der Waals surface area contributed by atoms with Gasteiger partial charge in [-0.25, -0.2) is 0 Å². The first-order valence-corrected chi connectivity index (χ1v) is 7.73. The molecule has 1 aliphatic rings. The number of ether oxygens (including phenoxy) is 1. The Morgan fingerprint density at radius 1 is 1.29 bits per heavy atom. The van der Waals surface area contributed by atoms with Crippen LogP contribution in [0.15, 0.2) is 24.3 Å². The van der Waals surface area contributed by atoms with E-state index in [-0.39, 0.29) is 30.2 Å². The maximum absolute atomic E-state index is 13.1. The number of aliphatic hydroxyl groups excluding tert-OH is 1. The Balaban J connectivity index is 2.20. The van der Waals surface area contributed by atoms with Gasteiger partial charge in [0.2, 0.25) is 0 Å². The van der Waals surface area contributed by atoms with Crippen molar-refractivity contribution in [2.24, 2.45) is 0 Å². The van der Waals surface area contributed by atoms with E-state index in [0.717, 1.165) is 13.8 Å². The molecular formula is C17H22F3NO3. The van der Waals surface area contributed by atoms with Crippen LogP contribution in [0, 0.1) is 0 Å². The van der Waals surface area contributed by atoms with Crippen LogP contribution in [0.3, 0.4) is 0 Å². The molecule has 0 radical (unpaired) electrons. The summed E-state index contributed by atoms with van der Waals surface area (Å²) in [6.07, 6.45) is -3.98. The standard InChI is InChI=1S/C17H22F3NO3/c1-16(2,17(18,19)20)12-6-4-11(5-7-12)15(23)21-9-14(24-3)8-13(21)10-22/h4-7,13-14,22H,8-10H2,1-3H3/t13-,14+/m0/s1. The van der Waals surface area contributed by atoms with Gasteiger partial charge in [-0.3, -0.25) is 4.79 Å². The van der Waals surface area contributed by atoms with Gasteiger partial charge in [0, 0.05) is 19.2 Å². The van der Waals surface area contributed by atoms with Gasteiger partial charge in [-0.15, -0.1) is 0 Å². The van der Waals surface area contributed by atoms with Crippen LogP contribution in [-0.4, -0.2) is 54.5 Å². The number of nitrogens with zero attached hydrogens (tertiary/aromatic N) is 1. The summed E-state index contributed by atoms with van der Waals surface area (Å²) in [6, 6.07) is 5.13. The molecule has 1 N–H and O–H groups in total. The van der Waals surface area contributed by atoms with E-state index in [2.05, 4.69) is 0 Å². The molecule has 134 valence electrons. The molecule has 0 aromatic heterocycles. The second-order valence-electron chi connectivity index (χ2n) is 6.59. The fourth-order valence-corrected chi connectivity index (χ4v) is 2.83. The lowest BCUT2D eigenvalue weighted by atomic mass is 9.83. The minimum absolute atomic E-state index is 0.0986. The fraction of sp³-hybridized carbons (Fsp3) is 0.588. The number of benzene rings is 1. The monoisotopic (exact) mass is 345 g/mol. The van der Waals surface area contributed by atoms with Crippen LogP contribution in [0.1, 0.15) is 36.2 Å². The molecule has 0 aliphatic carbocycles. The number of methoxy groups -OCH3 is 1. The molecule has 1 saturated heterocycles. The van der Waals surface area contributed by atoms with E-state index in [0.29, 0.717) is 18.5 Å². The summed E-state index contributed by atoms with van der Waals surface area (Å²) in [5.41, 5.74) is -1.59. The third kappa shape index (κ3) is 3.42. The Kier molecular flexibility index (Phi) is 5.25. The molecule has 24 heavy (non-hydrogen) atoms. The summed E-state index contributed by atoms with van der Waals surface area (Å²) in [4.78, 5) is 14.1. The van der Waals surface area contributed by atoms with Crippen LogP contribution in [0.4, 0.5) is 13.2 Å². The van der Waals surface area contributed by atoms with Gasteiger partial charge in [-0.1, -0.05) is 12.1 Å². The second-order valence-corrected chi connectivity index (χ2v) is 6.59. The molecule has 7 heteroatoms. The van der Waals surface area contributed by atoms with Crippen molar-refractivity contribution in [2.75, 3.05) is 20.3 Å². The van der Waals surface area contributed by atoms with Crippen molar-refractivity contribution in [3.63, 3.8) is 0 Å². The van der Waals surface area contributed by atoms with Crippen LogP contribution in [0.2, 0.25) is 0 Å². The lowest BCUT2D eigenvalue weighted by molar-refractivity contribution is -0.180. The Hall–Kier alpha value is -1.60. The Morgan fingerprint density at radius 2 is 1.88 bits per heavy atom. The second kappa shape index (κ2) is 6.72. The maximum Gasteiger partial charge on any atom is 0.397 e. The van der Waals surface area contributed by atoms with E-state index in [4.69, 9.17) is 4.74 Å². The summed E-state index contributed by atoms with van der Waals surface area (Å²) in [7, 11) is 1.54. The molecule has 1 aromatic rings. The van der Waals surface area contributed by atoms with Crippen molar-refractivity contribution in [3.05, 3.63) is 35.4 Å². The summed E-state index contributed by atoms with van der Waals surface area (Å²) in [5.74, 6) is -0.315. The minimum atomic E-state index is -4.37. The van der Waals surface area contributed by atoms with Gasteiger partial charge >= 0.3 is 6.18 Å². The van der Waals surface area contributed by atoms with Crippen LogP contribution in [-0.2, 0) is 10.2 Å². The third-order valence-electron chi connectivity index (χ3n) is 4.74. The lowest BCUT2D eigenvalue weighted by Crippen LogP contribution is -2.38. The average molecular weight is 345 g/mol. The smallest absolute Gasteiger partial charge is 0.394 e. The molecule has 0 spiro atoms. The molecule has 1 aromatic carbocycles. The normalized spacial score (nSPS) is 22.0. The average Bonchev–Trinajstić information content (AvgIpc) is 2.96. The van der Waals surface area contributed by atoms with Gasteiger partial charge in [-0.2, -0.15) is 13.2 Å². The van der Waals surface area contributed by atoms with E-state index in [1.807, 2.05) is 0 Å². The highest BCUT2D eigenvalue weighted by Gasteiger charge is 2.48. The van der Waals surface area contributed by atoms with E-state index in [1.165, 1.54) is 29.2 Å². The van der Waals surface area contributed by atoms with Gasteiger partial charge < -0.3 is 14.7 Å². The molecular weight excluding hydrogens is 323 g/mol. The van der Waals surface area contributed by atoms with Crippen molar-refractivity contribution in [1.29, 1.82) is 0 Å². The molecule has 1 amide bonds. The molecule has 0 saturated carbocycles. The van der Waals surface area contributed by atoms with Gasteiger partial charge in [0.1, 0.15) is 0 Å². The number of hydrogen-bond donors (Lipinski definition) is 1. The van der Waals surface area contributed by atoms with Crippen molar-refractivity contribution in [3.8, 4) is 0 Å². The van der Waals surface area contributed by atoms with E-state index in [1.54, 1.807) is 7.11 Å². The van der Waals surface area contributed by atoms with Crippen molar-refractivity contribution in [1.82, 2.24) is 4.90 Å². The summed E-state index contributed by atoms with van der Waals surface area (Å²) in [5, 5.41) is 9.41. The molecule has 1 fully saturated rings. The van der Waals surface area contributed by atoms with Crippen molar-refractivity contribution < 1.29 is 27.8 Å². The Labute approximate surface area is 139 Å². The molecule has 2 atom stereocenters. The molecule has 1 heterocycles. The number of rotatable bonds is 4. The van der Waals surface area contributed by atoms with Crippen LogP contribution >= 0.6 is 0 Å². The predicted molar refractivity (Wildman–Crippen MR) is 82.8 cm³/mol. The van der Waals surface area contributed by atoms with Gasteiger partial charge in [0.05, 0.1) is 24.2 Å². The predicted octanol–water partition coefficient (Wildman–Crippen LogP) is 2.75. The van der Waals surface area contributed by atoms with Crippen molar-refractivity contribution >= 4 is 5.91 Å². The molecule has 2 rings (SSSR count). The largest absolute Gasteiger partial charge is 0.397 e. The SMILES string of the molecule is CO[C@@H]1C[C@@H](CO)N(C(=O)c2ccc(C(C)(C)C(F)(F)F)cc2)C1. The Morgan fingerprint density at radius 3 is 2.33 bits per heavy atom. The van der Waals surface area contributed by atoms with E-state index in [9.17, 15) is 23.1 Å². The van der Waals surface area contributed by atoms with E-state index >= 15 is 0 Å². The quantitative estimate of drug-likeness (QED) is 0.913. The third-order valence-corrected chi connectivity index (χ3v) is 4.74. The Bertz CT molecular complexity index is 584. The molecule has 0 unspecified atom stereocenters. The zero-order chi connectivity index (χ0) is 18.1. The number of hydrogen-bond acceptors (Lipinski definition) is 3. The number of halogens is 3. The van der Waals surface area contributed by atoms with Crippen LogP contribution in [0.25, 0.3) is 0 Å². The highest BCUT2D eigenvalue weighted by Crippen LogP contribution is 2.40. The molecule has 4 nitrogen and oxygen atoms in total. The fourth-order valence-electron chi connectivity index (χ4n) is 2.83. The number of likely N-dealkylation sites (tertiary alicyclic amines) is 1. The van der Waals surface area contributed by atoms with Crippen LogP contribution < -0.4 is 0 Å². The topological polar surface area (TPSA) is 49.8 Å². The first-order chi connectivity index (χ1) is 11.1. The highest BCUT2D eigenvalue weighted by atomic mass is 19.4. The zero-order valence-electron chi connectivity index (χ0n) is 13.9. The molecule has 1 aliphatic heterocycles. The number of amides is 1. The molecule has 0 bridgehead atoms. The van der Waals surface area contributed by atoms with Crippen LogP contribution in [0.5, 0.6) is 0 Å². The number of carbonyl (C=O) groups is 1. The summed E-state index contributed by atoms with van der Waals surface area (Å²) < 4.78 is 44.5. The van der Waals surface area contributed by atoms with E-state index < -0.39 is 11.6 Å².